The van der Waals surface area contributed by atoms with Gasteiger partial charge in [0, 0.05) is 18.9 Å². The molecule has 0 saturated heterocycles. The van der Waals surface area contributed by atoms with Crippen molar-refractivity contribution < 1.29 is 14.2 Å². The summed E-state index contributed by atoms with van der Waals surface area (Å²) in [5.41, 5.74) is 0.883. The van der Waals surface area contributed by atoms with Crippen molar-refractivity contribution in [2.75, 3.05) is 26.9 Å². The van der Waals surface area contributed by atoms with Gasteiger partial charge in [0.05, 0.1) is 19.8 Å². The molecule has 1 aromatic heterocycles. The van der Waals surface area contributed by atoms with Gasteiger partial charge in [-0.1, -0.05) is 13.8 Å². The van der Waals surface area contributed by atoms with Gasteiger partial charge < -0.3 is 14.2 Å². The molecule has 0 N–H and O–H groups in total. The van der Waals surface area contributed by atoms with E-state index in [0.717, 1.165) is 5.69 Å². The number of methoxy groups -OCH3 is 1. The van der Waals surface area contributed by atoms with Gasteiger partial charge in [-0.25, -0.2) is 4.98 Å². The van der Waals surface area contributed by atoms with E-state index in [-0.39, 0.29) is 0 Å². The van der Waals surface area contributed by atoms with Crippen LogP contribution in [0.25, 0.3) is 0 Å². The van der Waals surface area contributed by atoms with E-state index in [0.29, 0.717) is 44.0 Å². The molecule has 102 valence electrons. The molecule has 0 atom stereocenters. The molecule has 0 aliphatic heterocycles. The van der Waals surface area contributed by atoms with Crippen molar-refractivity contribution in [3.8, 4) is 5.88 Å². The van der Waals surface area contributed by atoms with Crippen molar-refractivity contribution in [1.29, 1.82) is 0 Å². The van der Waals surface area contributed by atoms with Gasteiger partial charge in [-0.3, -0.25) is 0 Å². The maximum atomic E-state index is 5.59. The van der Waals surface area contributed by atoms with Gasteiger partial charge in [0.2, 0.25) is 5.88 Å². The average molecular weight is 254 g/mol. The minimum atomic E-state index is 0.378. The second-order valence-corrected chi connectivity index (χ2v) is 4.51. The molecular formula is C13H22N2O3. The summed E-state index contributed by atoms with van der Waals surface area (Å²) in [6.45, 7) is 8.26. The number of nitrogens with zero attached hydrogens (tertiary/aromatic N) is 2. The van der Waals surface area contributed by atoms with Gasteiger partial charge in [-0.15, -0.1) is 0 Å². The van der Waals surface area contributed by atoms with Crippen LogP contribution in [0.15, 0.2) is 6.07 Å². The first-order chi connectivity index (χ1) is 8.61. The SMILES string of the molecule is COCCOCc1nc(C)cc(OCC(C)C)n1. The zero-order valence-corrected chi connectivity index (χ0v) is 11.6. The molecule has 18 heavy (non-hydrogen) atoms. The van der Waals surface area contributed by atoms with Crippen molar-refractivity contribution in [3.05, 3.63) is 17.6 Å². The molecule has 0 amide bonds. The Morgan fingerprint density at radius 3 is 2.67 bits per heavy atom. The summed E-state index contributed by atoms with van der Waals surface area (Å²) < 4.78 is 15.9. The Labute approximate surface area is 108 Å². The fourth-order valence-electron chi connectivity index (χ4n) is 1.30. The predicted octanol–water partition coefficient (Wildman–Crippen LogP) is 1.98. The van der Waals surface area contributed by atoms with Gasteiger partial charge in [0.15, 0.2) is 5.82 Å². The van der Waals surface area contributed by atoms with E-state index in [1.165, 1.54) is 0 Å². The van der Waals surface area contributed by atoms with Crippen LogP contribution in [0.3, 0.4) is 0 Å². The molecular weight excluding hydrogens is 232 g/mol. The monoisotopic (exact) mass is 254 g/mol. The van der Waals surface area contributed by atoms with E-state index in [4.69, 9.17) is 14.2 Å². The Kier molecular flexibility index (Phi) is 6.60. The van der Waals surface area contributed by atoms with E-state index < -0.39 is 0 Å². The molecule has 0 aliphatic carbocycles. The normalized spacial score (nSPS) is 10.9. The molecule has 0 radical (unpaired) electrons. The van der Waals surface area contributed by atoms with Crippen molar-refractivity contribution in [3.63, 3.8) is 0 Å². The second-order valence-electron chi connectivity index (χ2n) is 4.51. The van der Waals surface area contributed by atoms with Crippen LogP contribution < -0.4 is 4.74 Å². The Hall–Kier alpha value is -1.20. The molecule has 1 rings (SSSR count). The number of aromatic nitrogens is 2. The third kappa shape index (κ3) is 5.93. The molecule has 0 spiro atoms. The summed E-state index contributed by atoms with van der Waals surface area (Å²) in [6.07, 6.45) is 0. The summed E-state index contributed by atoms with van der Waals surface area (Å²) >= 11 is 0. The van der Waals surface area contributed by atoms with Crippen LogP contribution in [0.1, 0.15) is 25.4 Å². The molecule has 0 aliphatic rings. The second kappa shape index (κ2) is 8.00. The van der Waals surface area contributed by atoms with Gasteiger partial charge in [0.1, 0.15) is 6.61 Å². The molecule has 0 unspecified atom stereocenters. The van der Waals surface area contributed by atoms with Crippen molar-refractivity contribution in [1.82, 2.24) is 9.97 Å². The standard InChI is InChI=1S/C13H22N2O3/c1-10(2)8-18-13-7-11(3)14-12(15-13)9-17-6-5-16-4/h7,10H,5-6,8-9H2,1-4H3. The smallest absolute Gasteiger partial charge is 0.216 e. The third-order valence-electron chi connectivity index (χ3n) is 2.10. The summed E-state index contributed by atoms with van der Waals surface area (Å²) in [6, 6.07) is 1.83. The molecule has 0 aromatic carbocycles. The number of ether oxygens (including phenoxy) is 3. The largest absolute Gasteiger partial charge is 0.477 e. The lowest BCUT2D eigenvalue weighted by atomic mass is 10.2. The molecule has 0 bridgehead atoms. The lowest BCUT2D eigenvalue weighted by Gasteiger charge is -2.10. The van der Waals surface area contributed by atoms with Crippen LogP contribution >= 0.6 is 0 Å². The number of hydrogen-bond donors (Lipinski definition) is 0. The Morgan fingerprint density at radius 1 is 1.22 bits per heavy atom. The highest BCUT2D eigenvalue weighted by molar-refractivity contribution is 5.15. The summed E-state index contributed by atoms with van der Waals surface area (Å²) in [4.78, 5) is 8.61. The molecule has 0 saturated carbocycles. The van der Waals surface area contributed by atoms with Crippen molar-refractivity contribution in [2.24, 2.45) is 5.92 Å². The molecule has 1 heterocycles. The first-order valence-electron chi connectivity index (χ1n) is 6.16. The maximum absolute atomic E-state index is 5.59. The number of aryl methyl sites for hydroxylation is 1. The van der Waals surface area contributed by atoms with E-state index in [2.05, 4.69) is 23.8 Å². The Morgan fingerprint density at radius 2 is 2.00 bits per heavy atom. The quantitative estimate of drug-likeness (QED) is 0.664. The van der Waals surface area contributed by atoms with E-state index >= 15 is 0 Å². The first kappa shape index (κ1) is 14.9. The Balaban J connectivity index is 2.51. The van der Waals surface area contributed by atoms with E-state index in [1.54, 1.807) is 7.11 Å². The van der Waals surface area contributed by atoms with Crippen molar-refractivity contribution in [2.45, 2.75) is 27.4 Å². The van der Waals surface area contributed by atoms with Crippen LogP contribution in [0.5, 0.6) is 5.88 Å². The highest BCUT2D eigenvalue weighted by Crippen LogP contribution is 2.10. The fourth-order valence-corrected chi connectivity index (χ4v) is 1.30. The van der Waals surface area contributed by atoms with Gasteiger partial charge in [-0.05, 0) is 12.8 Å². The van der Waals surface area contributed by atoms with Gasteiger partial charge >= 0.3 is 0 Å². The van der Waals surface area contributed by atoms with E-state index in [1.807, 2.05) is 13.0 Å². The number of rotatable bonds is 8. The molecule has 1 aromatic rings. The average Bonchev–Trinajstić information content (AvgIpc) is 2.32. The molecule has 5 nitrogen and oxygen atoms in total. The van der Waals surface area contributed by atoms with E-state index in [9.17, 15) is 0 Å². The van der Waals surface area contributed by atoms with Crippen LogP contribution in [0, 0.1) is 12.8 Å². The predicted molar refractivity (Wildman–Crippen MR) is 68.6 cm³/mol. The van der Waals surface area contributed by atoms with Crippen LogP contribution in [0.2, 0.25) is 0 Å². The summed E-state index contributed by atoms with van der Waals surface area (Å²) in [7, 11) is 1.64. The van der Waals surface area contributed by atoms with Crippen LogP contribution in [-0.2, 0) is 16.1 Å². The highest BCUT2D eigenvalue weighted by Gasteiger charge is 2.04. The summed E-state index contributed by atoms with van der Waals surface area (Å²) in [5, 5.41) is 0. The third-order valence-corrected chi connectivity index (χ3v) is 2.10. The van der Waals surface area contributed by atoms with Crippen molar-refractivity contribution >= 4 is 0 Å². The Bertz CT molecular complexity index is 356. The fraction of sp³-hybridized carbons (Fsp3) is 0.692. The highest BCUT2D eigenvalue weighted by atomic mass is 16.5. The molecule has 5 heteroatoms. The minimum absolute atomic E-state index is 0.378. The van der Waals surface area contributed by atoms with Crippen LogP contribution in [-0.4, -0.2) is 36.9 Å². The lowest BCUT2D eigenvalue weighted by molar-refractivity contribution is 0.0582. The summed E-state index contributed by atoms with van der Waals surface area (Å²) in [5.74, 6) is 1.73. The minimum Gasteiger partial charge on any atom is -0.477 e. The maximum Gasteiger partial charge on any atom is 0.216 e. The van der Waals surface area contributed by atoms with Gasteiger partial charge in [0.25, 0.3) is 0 Å². The topological polar surface area (TPSA) is 53.5 Å². The lowest BCUT2D eigenvalue weighted by Crippen LogP contribution is -2.09. The van der Waals surface area contributed by atoms with Gasteiger partial charge in [-0.2, -0.15) is 4.98 Å². The molecule has 0 fully saturated rings. The zero-order chi connectivity index (χ0) is 13.4. The zero-order valence-electron chi connectivity index (χ0n) is 11.6. The first-order valence-corrected chi connectivity index (χ1v) is 6.16. The van der Waals surface area contributed by atoms with Crippen LogP contribution in [0.4, 0.5) is 0 Å². The number of hydrogen-bond acceptors (Lipinski definition) is 5.